The Bertz CT molecular complexity index is 442. The summed E-state index contributed by atoms with van der Waals surface area (Å²) in [7, 11) is 0. The SMILES string of the molecule is CCCCCCCCCCCCOC(=O)C[C@H](S)C(=O)OCCCCCCCCCCCC. The molecule has 1 atom stereocenters. The summed E-state index contributed by atoms with van der Waals surface area (Å²) in [4.78, 5) is 23.9. The molecular formula is C28H54O4S. The van der Waals surface area contributed by atoms with Crippen LogP contribution >= 0.6 is 12.6 Å². The van der Waals surface area contributed by atoms with Crippen molar-refractivity contribution in [3.05, 3.63) is 0 Å². The van der Waals surface area contributed by atoms with Gasteiger partial charge < -0.3 is 9.47 Å². The minimum atomic E-state index is -0.728. The van der Waals surface area contributed by atoms with Crippen LogP contribution in [-0.4, -0.2) is 30.4 Å². The summed E-state index contributed by atoms with van der Waals surface area (Å²) in [6.07, 6.45) is 24.9. The summed E-state index contributed by atoms with van der Waals surface area (Å²) in [5.41, 5.74) is 0. The number of ether oxygens (including phenoxy) is 2. The third kappa shape index (κ3) is 24.2. The van der Waals surface area contributed by atoms with E-state index in [1.807, 2.05) is 0 Å². The molecule has 0 bridgehead atoms. The van der Waals surface area contributed by atoms with E-state index in [2.05, 4.69) is 26.5 Å². The van der Waals surface area contributed by atoms with Gasteiger partial charge in [0.05, 0.1) is 19.6 Å². The quantitative estimate of drug-likeness (QED) is 0.0797. The lowest BCUT2D eigenvalue weighted by molar-refractivity contribution is -0.149. The number of esters is 2. The van der Waals surface area contributed by atoms with Crippen LogP contribution < -0.4 is 0 Å². The number of rotatable bonds is 25. The van der Waals surface area contributed by atoms with Crippen molar-refractivity contribution in [3.8, 4) is 0 Å². The van der Waals surface area contributed by atoms with Gasteiger partial charge in [-0.1, -0.05) is 129 Å². The Kier molecular flexibility index (Phi) is 25.3. The fourth-order valence-corrected chi connectivity index (χ4v) is 4.16. The second-order valence-corrected chi connectivity index (χ2v) is 10.1. The average Bonchev–Trinajstić information content (AvgIpc) is 2.80. The van der Waals surface area contributed by atoms with Crippen molar-refractivity contribution in [3.63, 3.8) is 0 Å². The van der Waals surface area contributed by atoms with E-state index in [4.69, 9.17) is 9.47 Å². The van der Waals surface area contributed by atoms with Crippen molar-refractivity contribution in [2.75, 3.05) is 13.2 Å². The van der Waals surface area contributed by atoms with Crippen molar-refractivity contribution in [1.29, 1.82) is 0 Å². The van der Waals surface area contributed by atoms with Crippen LogP contribution in [0.5, 0.6) is 0 Å². The molecule has 0 aliphatic carbocycles. The van der Waals surface area contributed by atoms with E-state index in [0.717, 1.165) is 25.7 Å². The van der Waals surface area contributed by atoms with Crippen LogP contribution in [0.15, 0.2) is 0 Å². The first-order chi connectivity index (χ1) is 16.1. The van der Waals surface area contributed by atoms with E-state index in [1.54, 1.807) is 0 Å². The standard InChI is InChI=1S/C28H54O4S/c1-3-5-7-9-11-13-15-17-19-21-23-31-27(29)25-26(33)28(30)32-24-22-20-18-16-14-12-10-8-6-4-2/h26,33H,3-25H2,1-2H3/t26-/m0/s1. The summed E-state index contributed by atoms with van der Waals surface area (Å²) >= 11 is 4.23. The average molecular weight is 487 g/mol. The first-order valence-electron chi connectivity index (χ1n) is 14.1. The largest absolute Gasteiger partial charge is 0.466 e. The highest BCUT2D eigenvalue weighted by Crippen LogP contribution is 2.13. The first-order valence-corrected chi connectivity index (χ1v) is 14.6. The summed E-state index contributed by atoms with van der Waals surface area (Å²) in [5.74, 6) is -0.771. The Balaban J connectivity index is 3.46. The zero-order chi connectivity index (χ0) is 24.4. The van der Waals surface area contributed by atoms with Crippen LogP contribution in [0.1, 0.15) is 149 Å². The molecule has 0 aromatic heterocycles. The number of carbonyl (C=O) groups is 2. The molecule has 0 saturated carbocycles. The van der Waals surface area contributed by atoms with Gasteiger partial charge >= 0.3 is 11.9 Å². The Morgan fingerprint density at radius 2 is 0.879 bits per heavy atom. The Labute approximate surface area is 210 Å². The molecule has 33 heavy (non-hydrogen) atoms. The molecule has 0 aliphatic rings. The predicted octanol–water partition coefficient (Wildman–Crippen LogP) is 8.60. The van der Waals surface area contributed by atoms with E-state index < -0.39 is 11.2 Å². The minimum Gasteiger partial charge on any atom is -0.466 e. The van der Waals surface area contributed by atoms with E-state index in [1.165, 1.54) is 103 Å². The van der Waals surface area contributed by atoms with E-state index in [9.17, 15) is 9.59 Å². The predicted molar refractivity (Wildman–Crippen MR) is 143 cm³/mol. The highest BCUT2D eigenvalue weighted by Gasteiger charge is 2.20. The summed E-state index contributed by atoms with van der Waals surface area (Å²) in [6, 6.07) is 0. The third-order valence-corrected chi connectivity index (χ3v) is 6.53. The summed E-state index contributed by atoms with van der Waals surface area (Å²) in [5, 5.41) is -0.728. The number of hydrogen-bond donors (Lipinski definition) is 1. The second kappa shape index (κ2) is 25.9. The lowest BCUT2D eigenvalue weighted by atomic mass is 10.1. The van der Waals surface area contributed by atoms with Crippen LogP contribution in [0, 0.1) is 0 Å². The fourth-order valence-electron chi connectivity index (χ4n) is 3.93. The molecule has 0 aromatic carbocycles. The molecule has 0 heterocycles. The second-order valence-electron chi connectivity index (χ2n) is 9.47. The summed E-state index contributed by atoms with van der Waals surface area (Å²) < 4.78 is 10.5. The Morgan fingerprint density at radius 1 is 0.545 bits per heavy atom. The highest BCUT2D eigenvalue weighted by molar-refractivity contribution is 7.81. The van der Waals surface area contributed by atoms with Gasteiger partial charge in [0.1, 0.15) is 5.25 Å². The van der Waals surface area contributed by atoms with Gasteiger partial charge in [0.15, 0.2) is 0 Å². The maximum atomic E-state index is 12.0. The molecular weight excluding hydrogens is 432 g/mol. The number of hydrogen-bond acceptors (Lipinski definition) is 5. The maximum absolute atomic E-state index is 12.0. The topological polar surface area (TPSA) is 52.6 Å². The van der Waals surface area contributed by atoms with Gasteiger partial charge in [0.25, 0.3) is 0 Å². The molecule has 0 saturated heterocycles. The van der Waals surface area contributed by atoms with Gasteiger partial charge in [-0.15, -0.1) is 0 Å². The van der Waals surface area contributed by atoms with Crippen LogP contribution in [0.2, 0.25) is 0 Å². The van der Waals surface area contributed by atoms with E-state index in [0.29, 0.717) is 13.2 Å². The van der Waals surface area contributed by atoms with Crippen molar-refractivity contribution in [1.82, 2.24) is 0 Å². The molecule has 5 heteroatoms. The number of thiol groups is 1. The van der Waals surface area contributed by atoms with E-state index in [-0.39, 0.29) is 12.4 Å². The Morgan fingerprint density at radius 3 is 1.27 bits per heavy atom. The zero-order valence-electron chi connectivity index (χ0n) is 21.9. The molecule has 0 amide bonds. The Hall–Kier alpha value is -0.710. The molecule has 0 fully saturated rings. The molecule has 0 unspecified atom stereocenters. The maximum Gasteiger partial charge on any atom is 0.319 e. The van der Waals surface area contributed by atoms with Gasteiger partial charge in [0.2, 0.25) is 0 Å². The van der Waals surface area contributed by atoms with E-state index >= 15 is 0 Å². The van der Waals surface area contributed by atoms with Crippen molar-refractivity contribution < 1.29 is 19.1 Å². The highest BCUT2D eigenvalue weighted by atomic mass is 32.1. The number of unbranched alkanes of at least 4 members (excludes halogenated alkanes) is 18. The minimum absolute atomic E-state index is 0.0161. The van der Waals surface area contributed by atoms with Crippen LogP contribution in [0.25, 0.3) is 0 Å². The third-order valence-electron chi connectivity index (χ3n) is 6.14. The molecule has 0 spiro atoms. The molecule has 196 valence electrons. The van der Waals surface area contributed by atoms with Crippen LogP contribution in [0.3, 0.4) is 0 Å². The molecule has 0 aliphatic heterocycles. The lowest BCUT2D eigenvalue weighted by Gasteiger charge is -2.11. The van der Waals surface area contributed by atoms with Crippen molar-refractivity contribution in [2.24, 2.45) is 0 Å². The monoisotopic (exact) mass is 486 g/mol. The smallest absolute Gasteiger partial charge is 0.319 e. The van der Waals surface area contributed by atoms with Gasteiger partial charge in [0, 0.05) is 0 Å². The fraction of sp³-hybridized carbons (Fsp3) is 0.929. The van der Waals surface area contributed by atoms with Gasteiger partial charge in [-0.25, -0.2) is 0 Å². The van der Waals surface area contributed by atoms with Crippen molar-refractivity contribution >= 4 is 24.6 Å². The van der Waals surface area contributed by atoms with Crippen LogP contribution in [0.4, 0.5) is 0 Å². The van der Waals surface area contributed by atoms with Gasteiger partial charge in [-0.3, -0.25) is 9.59 Å². The first kappa shape index (κ1) is 32.3. The molecule has 0 radical (unpaired) electrons. The molecule has 0 N–H and O–H groups in total. The van der Waals surface area contributed by atoms with Gasteiger partial charge in [-0.2, -0.15) is 12.6 Å². The molecule has 4 nitrogen and oxygen atoms in total. The summed E-state index contributed by atoms with van der Waals surface area (Å²) in [6.45, 7) is 5.34. The van der Waals surface area contributed by atoms with Crippen molar-refractivity contribution in [2.45, 2.75) is 154 Å². The zero-order valence-corrected chi connectivity index (χ0v) is 22.8. The van der Waals surface area contributed by atoms with Gasteiger partial charge in [-0.05, 0) is 12.8 Å². The molecule has 0 aromatic rings. The van der Waals surface area contributed by atoms with Crippen LogP contribution in [-0.2, 0) is 19.1 Å². The molecule has 0 rings (SSSR count). The lowest BCUT2D eigenvalue weighted by Crippen LogP contribution is -2.23. The number of carbonyl (C=O) groups excluding carboxylic acids is 2. The normalized spacial score (nSPS) is 12.0.